The van der Waals surface area contributed by atoms with E-state index in [9.17, 15) is 9.90 Å². The molecule has 2 saturated heterocycles. The summed E-state index contributed by atoms with van der Waals surface area (Å²) < 4.78 is 0. The quantitative estimate of drug-likeness (QED) is 0.752. The summed E-state index contributed by atoms with van der Waals surface area (Å²) in [5, 5.41) is 12.6. The van der Waals surface area contributed by atoms with Crippen LogP contribution >= 0.6 is 0 Å². The summed E-state index contributed by atoms with van der Waals surface area (Å²) >= 11 is 0. The lowest BCUT2D eigenvalue weighted by Crippen LogP contribution is -2.49. The second-order valence-corrected chi connectivity index (χ2v) is 6.74. The zero-order valence-corrected chi connectivity index (χ0v) is 11.7. The van der Waals surface area contributed by atoms with Crippen LogP contribution in [0.25, 0.3) is 0 Å². The Bertz CT molecular complexity index is 329. The number of likely N-dealkylation sites (tertiary alicyclic amines) is 1. The Balaban J connectivity index is 1.53. The molecule has 4 nitrogen and oxygen atoms in total. The number of amides is 1. The molecule has 2 atom stereocenters. The van der Waals surface area contributed by atoms with Crippen LogP contribution < -0.4 is 5.32 Å². The maximum Gasteiger partial charge on any atom is 0.239 e. The van der Waals surface area contributed by atoms with Crippen molar-refractivity contribution in [3.63, 3.8) is 0 Å². The van der Waals surface area contributed by atoms with Crippen LogP contribution in [0.4, 0.5) is 0 Å². The molecule has 0 radical (unpaired) electrons. The summed E-state index contributed by atoms with van der Waals surface area (Å²) in [5.41, 5.74) is 0.553. The molecule has 0 unspecified atom stereocenters. The molecule has 108 valence electrons. The molecular weight excluding hydrogens is 240 g/mol. The predicted molar refractivity (Wildman–Crippen MR) is 73.7 cm³/mol. The third-order valence-corrected chi connectivity index (χ3v) is 5.46. The fraction of sp³-hybridized carbons (Fsp3) is 0.933. The number of hydrogen-bond acceptors (Lipinski definition) is 3. The normalized spacial score (nSPS) is 34.7. The molecule has 3 aliphatic rings. The van der Waals surface area contributed by atoms with Gasteiger partial charge in [0.2, 0.25) is 5.91 Å². The van der Waals surface area contributed by atoms with Crippen LogP contribution in [-0.2, 0) is 4.79 Å². The Labute approximate surface area is 115 Å². The first-order valence-electron chi connectivity index (χ1n) is 7.89. The molecule has 1 amide bonds. The third-order valence-electron chi connectivity index (χ3n) is 5.46. The number of hydrogen-bond donors (Lipinski definition) is 2. The Morgan fingerprint density at radius 3 is 2.37 bits per heavy atom. The van der Waals surface area contributed by atoms with Gasteiger partial charge in [-0.2, -0.15) is 0 Å². The molecule has 1 saturated carbocycles. The summed E-state index contributed by atoms with van der Waals surface area (Å²) in [6.07, 6.45) is 9.51. The smallest absolute Gasteiger partial charge is 0.239 e. The Morgan fingerprint density at radius 1 is 1.11 bits per heavy atom. The van der Waals surface area contributed by atoms with Crippen LogP contribution in [0.15, 0.2) is 0 Å². The molecule has 2 N–H and O–H groups in total. The maximum atomic E-state index is 12.4. The summed E-state index contributed by atoms with van der Waals surface area (Å²) in [7, 11) is 0. The highest BCUT2D eigenvalue weighted by Gasteiger charge is 2.39. The Morgan fingerprint density at radius 2 is 1.79 bits per heavy atom. The standard InChI is InChI=1S/C15H26N2O2/c18-12-10-13(16-11-12)14(19)17-8-6-15(7-9-17)4-2-1-3-5-15/h12-13,16,18H,1-11H2/t12-,13+/m1/s1. The summed E-state index contributed by atoms with van der Waals surface area (Å²) in [6.45, 7) is 2.41. The monoisotopic (exact) mass is 266 g/mol. The summed E-state index contributed by atoms with van der Waals surface area (Å²) in [6, 6.07) is -0.143. The van der Waals surface area contributed by atoms with Gasteiger partial charge in [0, 0.05) is 19.6 Å². The first kappa shape index (κ1) is 13.4. The number of β-amino-alcohol motifs (C(OH)–C–C–N with tert-alkyl or cyclic N) is 1. The van der Waals surface area contributed by atoms with Gasteiger partial charge in [-0.15, -0.1) is 0 Å². The van der Waals surface area contributed by atoms with Gasteiger partial charge in [0.1, 0.15) is 0 Å². The number of carbonyl (C=O) groups is 1. The zero-order valence-electron chi connectivity index (χ0n) is 11.7. The highest BCUT2D eigenvalue weighted by Crippen LogP contribution is 2.44. The molecule has 0 aromatic carbocycles. The summed E-state index contributed by atoms with van der Waals surface area (Å²) in [4.78, 5) is 14.4. The third kappa shape index (κ3) is 2.79. The molecule has 1 aliphatic carbocycles. The lowest BCUT2D eigenvalue weighted by Gasteiger charge is -2.44. The van der Waals surface area contributed by atoms with Crippen molar-refractivity contribution in [2.24, 2.45) is 5.41 Å². The lowest BCUT2D eigenvalue weighted by atomic mass is 9.68. The molecule has 19 heavy (non-hydrogen) atoms. The van der Waals surface area contributed by atoms with Crippen molar-refractivity contribution in [3.05, 3.63) is 0 Å². The number of nitrogens with zero attached hydrogens (tertiary/aromatic N) is 1. The van der Waals surface area contributed by atoms with Crippen molar-refractivity contribution >= 4 is 5.91 Å². The van der Waals surface area contributed by atoms with Gasteiger partial charge >= 0.3 is 0 Å². The van der Waals surface area contributed by atoms with Crippen molar-refractivity contribution in [1.82, 2.24) is 10.2 Å². The molecule has 0 bridgehead atoms. The molecule has 2 heterocycles. The van der Waals surface area contributed by atoms with Gasteiger partial charge in [-0.3, -0.25) is 4.79 Å². The molecule has 3 rings (SSSR count). The van der Waals surface area contributed by atoms with Crippen LogP contribution in [0.5, 0.6) is 0 Å². The Hall–Kier alpha value is -0.610. The average molecular weight is 266 g/mol. The molecule has 0 aromatic heterocycles. The molecular formula is C15H26N2O2. The van der Waals surface area contributed by atoms with Gasteiger partial charge in [-0.1, -0.05) is 19.3 Å². The minimum absolute atomic E-state index is 0.143. The number of piperidine rings is 1. The van der Waals surface area contributed by atoms with E-state index < -0.39 is 0 Å². The van der Waals surface area contributed by atoms with Gasteiger partial charge in [-0.05, 0) is 37.5 Å². The van der Waals surface area contributed by atoms with Crippen molar-refractivity contribution in [3.8, 4) is 0 Å². The second kappa shape index (κ2) is 5.41. The van der Waals surface area contributed by atoms with E-state index in [0.29, 0.717) is 18.4 Å². The van der Waals surface area contributed by atoms with Gasteiger partial charge in [0.15, 0.2) is 0 Å². The van der Waals surface area contributed by atoms with Crippen LogP contribution in [0.3, 0.4) is 0 Å². The average Bonchev–Trinajstić information content (AvgIpc) is 2.87. The van der Waals surface area contributed by atoms with Crippen LogP contribution in [-0.4, -0.2) is 47.7 Å². The van der Waals surface area contributed by atoms with Gasteiger partial charge in [0.05, 0.1) is 12.1 Å². The van der Waals surface area contributed by atoms with Crippen molar-refractivity contribution in [2.45, 2.75) is 63.5 Å². The Kier molecular flexibility index (Phi) is 3.81. The fourth-order valence-corrected chi connectivity index (χ4v) is 4.13. The first-order chi connectivity index (χ1) is 9.19. The van der Waals surface area contributed by atoms with Gasteiger partial charge in [-0.25, -0.2) is 0 Å². The molecule has 3 fully saturated rings. The van der Waals surface area contributed by atoms with Crippen LogP contribution in [0.2, 0.25) is 0 Å². The highest BCUT2D eigenvalue weighted by molar-refractivity contribution is 5.82. The van der Waals surface area contributed by atoms with E-state index in [2.05, 4.69) is 5.32 Å². The van der Waals surface area contributed by atoms with Crippen LogP contribution in [0, 0.1) is 5.41 Å². The largest absolute Gasteiger partial charge is 0.392 e. The number of carbonyl (C=O) groups excluding carboxylic acids is 1. The maximum absolute atomic E-state index is 12.4. The molecule has 4 heteroatoms. The SMILES string of the molecule is O=C([C@@H]1C[C@@H](O)CN1)N1CCC2(CCCCC2)CC1. The van der Waals surface area contributed by atoms with E-state index >= 15 is 0 Å². The van der Waals surface area contributed by atoms with Crippen molar-refractivity contribution in [2.75, 3.05) is 19.6 Å². The highest BCUT2D eigenvalue weighted by atomic mass is 16.3. The van der Waals surface area contributed by atoms with Crippen molar-refractivity contribution < 1.29 is 9.90 Å². The number of nitrogens with one attached hydrogen (secondary N) is 1. The first-order valence-corrected chi connectivity index (χ1v) is 7.89. The topological polar surface area (TPSA) is 52.6 Å². The van der Waals surface area contributed by atoms with Crippen molar-refractivity contribution in [1.29, 1.82) is 0 Å². The lowest BCUT2D eigenvalue weighted by molar-refractivity contribution is -0.136. The van der Waals surface area contributed by atoms with Gasteiger partial charge < -0.3 is 15.3 Å². The number of rotatable bonds is 1. The van der Waals surface area contributed by atoms with E-state index in [1.165, 1.54) is 44.9 Å². The van der Waals surface area contributed by atoms with Gasteiger partial charge in [0.25, 0.3) is 0 Å². The minimum atomic E-state index is -0.344. The van der Waals surface area contributed by atoms with E-state index in [4.69, 9.17) is 0 Å². The number of aliphatic hydroxyl groups is 1. The van der Waals surface area contributed by atoms with E-state index in [-0.39, 0.29) is 18.1 Å². The fourth-order valence-electron chi connectivity index (χ4n) is 4.13. The van der Waals surface area contributed by atoms with E-state index in [1.807, 2.05) is 4.90 Å². The second-order valence-electron chi connectivity index (χ2n) is 6.74. The minimum Gasteiger partial charge on any atom is -0.392 e. The van der Waals surface area contributed by atoms with E-state index in [0.717, 1.165) is 13.1 Å². The van der Waals surface area contributed by atoms with Crippen LogP contribution in [0.1, 0.15) is 51.4 Å². The number of aliphatic hydroxyl groups excluding tert-OH is 1. The molecule has 0 aromatic rings. The zero-order chi connectivity index (χ0) is 13.3. The summed E-state index contributed by atoms with van der Waals surface area (Å²) in [5.74, 6) is 0.210. The predicted octanol–water partition coefficient (Wildman–Crippen LogP) is 1.28. The molecule has 2 aliphatic heterocycles. The van der Waals surface area contributed by atoms with E-state index in [1.54, 1.807) is 0 Å². The molecule has 1 spiro atoms.